The fourth-order valence-corrected chi connectivity index (χ4v) is 11.4. The molecule has 0 amide bonds. The summed E-state index contributed by atoms with van der Waals surface area (Å²) in [6, 6.07) is 7.07. The minimum atomic E-state index is -3.70. The van der Waals surface area contributed by atoms with Crippen molar-refractivity contribution in [3.05, 3.63) is 29.8 Å². The van der Waals surface area contributed by atoms with Crippen molar-refractivity contribution >= 4 is 10.1 Å². The van der Waals surface area contributed by atoms with Gasteiger partial charge in [-0.25, -0.2) is 0 Å². The zero-order valence-electron chi connectivity index (χ0n) is 25.0. The molecule has 214 valence electrons. The van der Waals surface area contributed by atoms with Gasteiger partial charge in [-0.2, -0.15) is 8.42 Å². The molecular weight excluding hydrogens is 488 g/mol. The van der Waals surface area contributed by atoms with Crippen molar-refractivity contribution in [2.24, 2.45) is 52.3 Å². The molecule has 1 aromatic rings. The van der Waals surface area contributed by atoms with Crippen molar-refractivity contribution in [1.29, 1.82) is 0 Å². The summed E-state index contributed by atoms with van der Waals surface area (Å²) < 4.78 is 31.9. The van der Waals surface area contributed by atoms with E-state index in [1.54, 1.807) is 12.1 Å². The molecule has 0 spiro atoms. The minimum Gasteiger partial charge on any atom is -0.263 e. The topological polar surface area (TPSA) is 43.4 Å². The van der Waals surface area contributed by atoms with E-state index in [0.717, 1.165) is 60.3 Å². The molecule has 0 radical (unpaired) electrons. The van der Waals surface area contributed by atoms with Gasteiger partial charge in [-0.3, -0.25) is 4.18 Å². The van der Waals surface area contributed by atoms with Gasteiger partial charge in [0.1, 0.15) is 0 Å². The van der Waals surface area contributed by atoms with Gasteiger partial charge in [0.15, 0.2) is 0 Å². The van der Waals surface area contributed by atoms with Crippen LogP contribution in [0.15, 0.2) is 29.2 Å². The molecule has 0 heterocycles. The molecule has 4 fully saturated rings. The Morgan fingerprint density at radius 2 is 1.55 bits per heavy atom. The summed E-state index contributed by atoms with van der Waals surface area (Å²) in [5.74, 6) is 5.75. The second-order valence-electron chi connectivity index (χ2n) is 14.9. The molecule has 38 heavy (non-hydrogen) atoms. The van der Waals surface area contributed by atoms with Crippen LogP contribution in [-0.2, 0) is 14.3 Å². The maximum Gasteiger partial charge on any atom is 0.297 e. The lowest BCUT2D eigenvalue weighted by molar-refractivity contribution is -0.126. The summed E-state index contributed by atoms with van der Waals surface area (Å²) in [6.07, 6.45) is 15.2. The molecule has 0 aromatic heterocycles. The highest BCUT2D eigenvalue weighted by Crippen LogP contribution is 2.68. The van der Waals surface area contributed by atoms with Crippen LogP contribution in [0.3, 0.4) is 0 Å². The quantitative estimate of drug-likeness (QED) is 0.308. The van der Waals surface area contributed by atoms with Crippen LogP contribution < -0.4 is 0 Å². The van der Waals surface area contributed by atoms with E-state index in [0.29, 0.717) is 21.6 Å². The van der Waals surface area contributed by atoms with E-state index in [4.69, 9.17) is 4.18 Å². The predicted octanol–water partition coefficient (Wildman–Crippen LogP) is 9.19. The molecule has 4 saturated carbocycles. The van der Waals surface area contributed by atoms with Crippen LogP contribution >= 0.6 is 0 Å². The lowest BCUT2D eigenvalue weighted by Gasteiger charge is -2.61. The Labute approximate surface area is 234 Å². The number of hydrogen-bond donors (Lipinski definition) is 0. The summed E-state index contributed by atoms with van der Waals surface area (Å²) in [6.45, 7) is 14.5. The van der Waals surface area contributed by atoms with Gasteiger partial charge in [0.2, 0.25) is 0 Å². The zero-order chi connectivity index (χ0) is 27.3. The van der Waals surface area contributed by atoms with Crippen LogP contribution in [0.4, 0.5) is 0 Å². The van der Waals surface area contributed by atoms with Crippen LogP contribution in [0.2, 0.25) is 0 Å². The standard InChI is InChI=1S/C34H54O3S/c1-23(2)8-7-9-25(4)30-16-17-31-29-15-12-26-22-27(37-38(35,36)28-13-10-24(3)11-14-28)18-20-33(26,5)32(29)19-21-34(30,31)6/h10-11,13-14,23,25-27,29-32H,7-9,12,15-22H2,1-6H3/t25-,26+,27-,29-,30+,31-,32-,33+,34+/m1/s1. The Bertz CT molecular complexity index is 1060. The molecule has 1 aromatic carbocycles. The Morgan fingerprint density at radius 1 is 0.868 bits per heavy atom. The third-order valence-electron chi connectivity index (χ3n) is 12.4. The number of benzene rings is 1. The first-order valence-corrected chi connectivity index (χ1v) is 17.3. The first kappa shape index (κ1) is 28.7. The van der Waals surface area contributed by atoms with E-state index < -0.39 is 10.1 Å². The average Bonchev–Trinajstić information content (AvgIpc) is 3.21. The van der Waals surface area contributed by atoms with Gasteiger partial charge >= 0.3 is 0 Å². The SMILES string of the molecule is Cc1ccc(S(=O)(=O)O[C@@H]2CC[C@@]3(C)[C@@H](CC[C@H]4[C@H]3CC[C@]3(C)[C@@H]4CC[C@H]3[C@H](C)CCCC(C)C)C2)cc1. The monoisotopic (exact) mass is 542 g/mol. The zero-order valence-corrected chi connectivity index (χ0v) is 25.9. The van der Waals surface area contributed by atoms with Crippen molar-refractivity contribution in [2.75, 3.05) is 0 Å². The van der Waals surface area contributed by atoms with E-state index in [-0.39, 0.29) is 6.10 Å². The molecule has 4 aliphatic carbocycles. The molecule has 0 saturated heterocycles. The van der Waals surface area contributed by atoms with E-state index in [1.807, 2.05) is 19.1 Å². The first-order chi connectivity index (χ1) is 17.9. The first-order valence-electron chi connectivity index (χ1n) is 15.9. The van der Waals surface area contributed by atoms with Gasteiger partial charge < -0.3 is 0 Å². The van der Waals surface area contributed by atoms with Crippen LogP contribution in [0.25, 0.3) is 0 Å². The van der Waals surface area contributed by atoms with Crippen LogP contribution in [0, 0.1) is 59.2 Å². The molecule has 4 heteroatoms. The summed E-state index contributed by atoms with van der Waals surface area (Å²) in [4.78, 5) is 0.293. The molecular formula is C34H54O3S. The van der Waals surface area contributed by atoms with Crippen LogP contribution in [0.1, 0.15) is 117 Å². The minimum absolute atomic E-state index is 0.174. The normalized spacial score (nSPS) is 39.9. The fraction of sp³-hybridized carbons (Fsp3) is 0.824. The largest absolute Gasteiger partial charge is 0.297 e. The number of rotatable bonds is 8. The smallest absolute Gasteiger partial charge is 0.263 e. The van der Waals surface area contributed by atoms with E-state index in [9.17, 15) is 8.42 Å². The van der Waals surface area contributed by atoms with E-state index >= 15 is 0 Å². The summed E-state index contributed by atoms with van der Waals surface area (Å²) >= 11 is 0. The summed E-state index contributed by atoms with van der Waals surface area (Å²) in [5, 5.41) is 0. The van der Waals surface area contributed by atoms with Gasteiger partial charge in [-0.15, -0.1) is 0 Å². The highest BCUT2D eigenvalue weighted by Gasteiger charge is 2.60. The van der Waals surface area contributed by atoms with Gasteiger partial charge in [-0.1, -0.05) is 71.6 Å². The van der Waals surface area contributed by atoms with Crippen molar-refractivity contribution < 1.29 is 12.6 Å². The molecule has 5 rings (SSSR count). The second-order valence-corrected chi connectivity index (χ2v) is 16.5. The van der Waals surface area contributed by atoms with Crippen molar-refractivity contribution in [3.63, 3.8) is 0 Å². The second kappa shape index (κ2) is 10.8. The third-order valence-corrected chi connectivity index (χ3v) is 13.8. The highest BCUT2D eigenvalue weighted by atomic mass is 32.2. The van der Waals surface area contributed by atoms with E-state index in [2.05, 4.69) is 34.6 Å². The molecule has 0 bridgehead atoms. The van der Waals surface area contributed by atoms with E-state index in [1.165, 1.54) is 57.8 Å². The molecule has 4 aliphatic rings. The Morgan fingerprint density at radius 3 is 2.26 bits per heavy atom. The number of fused-ring (bicyclic) bond motifs is 5. The predicted molar refractivity (Wildman–Crippen MR) is 156 cm³/mol. The molecule has 0 aliphatic heterocycles. The highest BCUT2D eigenvalue weighted by molar-refractivity contribution is 7.86. The maximum absolute atomic E-state index is 13.0. The summed E-state index contributed by atoms with van der Waals surface area (Å²) in [7, 11) is -3.70. The Kier molecular flexibility index (Phi) is 8.17. The van der Waals surface area contributed by atoms with Crippen LogP contribution in [-0.4, -0.2) is 14.5 Å². The lowest BCUT2D eigenvalue weighted by Crippen LogP contribution is -2.54. The molecule has 0 unspecified atom stereocenters. The molecule has 0 N–H and O–H groups in total. The van der Waals surface area contributed by atoms with Gasteiger partial charge in [-0.05, 0) is 129 Å². The van der Waals surface area contributed by atoms with Crippen molar-refractivity contribution in [2.45, 2.75) is 130 Å². The van der Waals surface area contributed by atoms with Gasteiger partial charge in [0.25, 0.3) is 10.1 Å². The Balaban J connectivity index is 1.24. The number of hydrogen-bond acceptors (Lipinski definition) is 3. The summed E-state index contributed by atoms with van der Waals surface area (Å²) in [5.41, 5.74) is 1.94. The molecule has 9 atom stereocenters. The average molecular weight is 543 g/mol. The van der Waals surface area contributed by atoms with Crippen molar-refractivity contribution in [3.8, 4) is 0 Å². The van der Waals surface area contributed by atoms with Crippen molar-refractivity contribution in [1.82, 2.24) is 0 Å². The van der Waals surface area contributed by atoms with Gasteiger partial charge in [0.05, 0.1) is 11.0 Å². The lowest BCUT2D eigenvalue weighted by atomic mass is 9.44. The fourth-order valence-electron chi connectivity index (χ4n) is 10.3. The number of aryl methyl sites for hydroxylation is 1. The van der Waals surface area contributed by atoms with Crippen LogP contribution in [0.5, 0.6) is 0 Å². The maximum atomic E-state index is 13.0. The third kappa shape index (κ3) is 5.27. The Hall–Kier alpha value is -0.870. The molecule has 3 nitrogen and oxygen atoms in total. The van der Waals surface area contributed by atoms with Gasteiger partial charge in [0, 0.05) is 0 Å².